The lowest BCUT2D eigenvalue weighted by atomic mass is 10.3. The van der Waals surface area contributed by atoms with Gasteiger partial charge in [-0.2, -0.15) is 0 Å². The Morgan fingerprint density at radius 2 is 1.89 bits per heavy atom. The first-order valence-corrected chi connectivity index (χ1v) is 3.16. The Morgan fingerprint density at radius 1 is 1.33 bits per heavy atom. The first kappa shape index (κ1) is 8.41. The zero-order chi connectivity index (χ0) is 7.28. The molecule has 0 bridgehead atoms. The van der Waals surface area contributed by atoms with Crippen LogP contribution in [-0.2, 0) is 0 Å². The Balaban J connectivity index is 3.83. The fourth-order valence-electron chi connectivity index (χ4n) is 0.375. The van der Waals surface area contributed by atoms with Gasteiger partial charge in [-0.1, -0.05) is 18.6 Å². The molecule has 0 amide bonds. The molecule has 0 aliphatic heterocycles. The Bertz CT molecular complexity index is 128. The molecule has 0 aliphatic rings. The van der Waals surface area contributed by atoms with Crippen molar-refractivity contribution in [1.82, 2.24) is 0 Å². The fraction of sp³-hybridized carbons (Fsp3) is 0.500. The van der Waals surface area contributed by atoms with Crippen LogP contribution in [0.3, 0.4) is 0 Å². The highest BCUT2D eigenvalue weighted by atomic mass is 19.1. The minimum Gasteiger partial charge on any atom is -0.212 e. The van der Waals surface area contributed by atoms with Gasteiger partial charge < -0.3 is 0 Å². The molecular formula is C8H13F. The summed E-state index contributed by atoms with van der Waals surface area (Å²) in [5.74, 6) is -0.0591. The molecule has 0 atom stereocenters. The van der Waals surface area contributed by atoms with Crippen LogP contribution in [-0.4, -0.2) is 0 Å². The van der Waals surface area contributed by atoms with Crippen molar-refractivity contribution in [2.24, 2.45) is 0 Å². The molecule has 9 heavy (non-hydrogen) atoms. The van der Waals surface area contributed by atoms with Gasteiger partial charge in [-0.25, -0.2) is 4.39 Å². The molecule has 0 saturated heterocycles. The van der Waals surface area contributed by atoms with Gasteiger partial charge in [0, 0.05) is 0 Å². The van der Waals surface area contributed by atoms with Crippen molar-refractivity contribution in [1.29, 1.82) is 0 Å². The molecule has 0 saturated carbocycles. The molecule has 0 fully saturated rings. The summed E-state index contributed by atoms with van der Waals surface area (Å²) in [6, 6.07) is 0. The van der Waals surface area contributed by atoms with E-state index in [0.29, 0.717) is 6.42 Å². The third-order valence-corrected chi connectivity index (χ3v) is 0.935. The van der Waals surface area contributed by atoms with Crippen molar-refractivity contribution in [3.8, 4) is 0 Å². The van der Waals surface area contributed by atoms with Crippen LogP contribution in [0.2, 0.25) is 0 Å². The second kappa shape index (κ2) is 4.30. The van der Waals surface area contributed by atoms with E-state index in [4.69, 9.17) is 0 Å². The smallest absolute Gasteiger partial charge is 0.0996 e. The lowest BCUT2D eigenvalue weighted by Gasteiger charge is -1.85. The highest BCUT2D eigenvalue weighted by Gasteiger charge is 1.83. The number of halogens is 1. The standard InChI is InChI=1S/C8H13F/c1-4-8(9)6-5-7(2)3/h5-6H,4H2,1-3H3. The average Bonchev–Trinajstić information content (AvgIpc) is 1.83. The van der Waals surface area contributed by atoms with E-state index in [9.17, 15) is 4.39 Å². The van der Waals surface area contributed by atoms with Gasteiger partial charge in [0.15, 0.2) is 0 Å². The van der Waals surface area contributed by atoms with Crippen LogP contribution in [0.4, 0.5) is 4.39 Å². The number of hydrogen-bond donors (Lipinski definition) is 0. The van der Waals surface area contributed by atoms with Gasteiger partial charge in [-0.05, 0) is 26.3 Å². The van der Waals surface area contributed by atoms with Crippen LogP contribution < -0.4 is 0 Å². The average molecular weight is 128 g/mol. The van der Waals surface area contributed by atoms with E-state index in [1.165, 1.54) is 6.08 Å². The normalized spacial score (nSPS) is 11.3. The molecule has 0 radical (unpaired) electrons. The van der Waals surface area contributed by atoms with E-state index >= 15 is 0 Å². The summed E-state index contributed by atoms with van der Waals surface area (Å²) in [5, 5.41) is 0. The Morgan fingerprint density at radius 3 is 2.22 bits per heavy atom. The van der Waals surface area contributed by atoms with Crippen LogP contribution in [0.15, 0.2) is 23.6 Å². The summed E-state index contributed by atoms with van der Waals surface area (Å²) < 4.78 is 12.3. The predicted octanol–water partition coefficient (Wildman–Crippen LogP) is 3.22. The quantitative estimate of drug-likeness (QED) is 0.501. The molecule has 52 valence electrons. The third-order valence-electron chi connectivity index (χ3n) is 0.935. The monoisotopic (exact) mass is 128 g/mol. The molecule has 0 heterocycles. The molecule has 0 aliphatic carbocycles. The number of hydrogen-bond acceptors (Lipinski definition) is 0. The molecular weight excluding hydrogens is 115 g/mol. The van der Waals surface area contributed by atoms with Crippen LogP contribution in [0.25, 0.3) is 0 Å². The van der Waals surface area contributed by atoms with E-state index in [2.05, 4.69) is 0 Å². The topological polar surface area (TPSA) is 0 Å². The third kappa shape index (κ3) is 5.28. The van der Waals surface area contributed by atoms with Crippen molar-refractivity contribution in [3.05, 3.63) is 23.6 Å². The maximum Gasteiger partial charge on any atom is 0.0996 e. The molecule has 0 nitrogen and oxygen atoms in total. The maximum absolute atomic E-state index is 12.3. The minimum atomic E-state index is -0.0591. The highest BCUT2D eigenvalue weighted by molar-refractivity contribution is 5.10. The fourth-order valence-corrected chi connectivity index (χ4v) is 0.375. The van der Waals surface area contributed by atoms with Gasteiger partial charge in [0.2, 0.25) is 0 Å². The summed E-state index contributed by atoms with van der Waals surface area (Å²) in [6.07, 6.45) is 3.78. The summed E-state index contributed by atoms with van der Waals surface area (Å²) in [4.78, 5) is 0. The highest BCUT2D eigenvalue weighted by Crippen LogP contribution is 2.02. The molecule has 0 rings (SSSR count). The van der Waals surface area contributed by atoms with Crippen LogP contribution in [0.5, 0.6) is 0 Å². The zero-order valence-electron chi connectivity index (χ0n) is 6.24. The molecule has 0 unspecified atom stereocenters. The van der Waals surface area contributed by atoms with Gasteiger partial charge in [-0.15, -0.1) is 0 Å². The second-order valence-corrected chi connectivity index (χ2v) is 2.21. The van der Waals surface area contributed by atoms with E-state index in [0.717, 1.165) is 5.57 Å². The van der Waals surface area contributed by atoms with Gasteiger partial charge in [0.25, 0.3) is 0 Å². The zero-order valence-corrected chi connectivity index (χ0v) is 6.24. The molecule has 0 N–H and O–H groups in total. The molecule has 0 aromatic carbocycles. The molecule has 0 aromatic heterocycles. The lowest BCUT2D eigenvalue weighted by Crippen LogP contribution is -1.66. The van der Waals surface area contributed by atoms with Gasteiger partial charge in [0.1, 0.15) is 0 Å². The van der Waals surface area contributed by atoms with Crippen molar-refractivity contribution >= 4 is 0 Å². The largest absolute Gasteiger partial charge is 0.212 e. The molecule has 0 aromatic rings. The van der Waals surface area contributed by atoms with E-state index in [1.54, 1.807) is 13.0 Å². The Kier molecular flexibility index (Phi) is 4.02. The summed E-state index contributed by atoms with van der Waals surface area (Å²) in [6.45, 7) is 5.68. The van der Waals surface area contributed by atoms with E-state index in [-0.39, 0.29) is 5.83 Å². The second-order valence-electron chi connectivity index (χ2n) is 2.21. The van der Waals surface area contributed by atoms with Crippen LogP contribution >= 0.6 is 0 Å². The van der Waals surface area contributed by atoms with Crippen molar-refractivity contribution in [2.75, 3.05) is 0 Å². The summed E-state index contributed by atoms with van der Waals surface area (Å²) >= 11 is 0. The van der Waals surface area contributed by atoms with Crippen molar-refractivity contribution in [3.63, 3.8) is 0 Å². The maximum atomic E-state index is 12.3. The van der Waals surface area contributed by atoms with Gasteiger partial charge in [-0.3, -0.25) is 0 Å². The van der Waals surface area contributed by atoms with Crippen LogP contribution in [0.1, 0.15) is 27.2 Å². The Labute approximate surface area is 56.1 Å². The lowest BCUT2D eigenvalue weighted by molar-refractivity contribution is 0.604. The first-order chi connectivity index (χ1) is 4.16. The summed E-state index contributed by atoms with van der Waals surface area (Å²) in [5.41, 5.74) is 1.12. The van der Waals surface area contributed by atoms with Crippen molar-refractivity contribution in [2.45, 2.75) is 27.2 Å². The van der Waals surface area contributed by atoms with E-state index in [1.807, 2.05) is 13.8 Å². The molecule has 0 spiro atoms. The van der Waals surface area contributed by atoms with Crippen molar-refractivity contribution < 1.29 is 4.39 Å². The van der Waals surface area contributed by atoms with Crippen LogP contribution in [0, 0.1) is 0 Å². The predicted molar refractivity (Wildman–Crippen MR) is 38.9 cm³/mol. The van der Waals surface area contributed by atoms with Gasteiger partial charge >= 0.3 is 0 Å². The van der Waals surface area contributed by atoms with Gasteiger partial charge in [0.05, 0.1) is 5.83 Å². The SMILES string of the molecule is CCC(F)=CC=C(C)C. The first-order valence-electron chi connectivity index (χ1n) is 3.16. The Hall–Kier alpha value is -0.590. The van der Waals surface area contributed by atoms with E-state index < -0.39 is 0 Å². The summed E-state index contributed by atoms with van der Waals surface area (Å²) in [7, 11) is 0. The number of rotatable bonds is 2. The molecule has 1 heteroatoms. The minimum absolute atomic E-state index is 0.0591. The number of allylic oxidation sites excluding steroid dienone is 4.